The van der Waals surface area contributed by atoms with Crippen LogP contribution in [0.15, 0.2) is 119 Å². The zero-order valence-corrected chi connectivity index (χ0v) is 19.6. The number of sulfonamides is 2. The van der Waals surface area contributed by atoms with Crippen LogP contribution in [0.3, 0.4) is 0 Å². The van der Waals surface area contributed by atoms with E-state index in [-0.39, 0.29) is 9.79 Å². The molecule has 0 spiro atoms. The van der Waals surface area contributed by atoms with Crippen molar-refractivity contribution >= 4 is 43.6 Å². The van der Waals surface area contributed by atoms with Crippen molar-refractivity contribution in [1.82, 2.24) is 0 Å². The van der Waals surface area contributed by atoms with E-state index in [1.807, 2.05) is 36.4 Å². The fourth-order valence-corrected chi connectivity index (χ4v) is 5.30. The summed E-state index contributed by atoms with van der Waals surface area (Å²) in [5.74, 6) is 0. The number of hydrogen-bond donors (Lipinski definition) is 2. The van der Waals surface area contributed by atoms with Crippen LogP contribution in [0.25, 0.3) is 12.2 Å². The maximum Gasteiger partial charge on any atom is 0.261 e. The molecule has 0 aromatic heterocycles. The van der Waals surface area contributed by atoms with Crippen molar-refractivity contribution < 1.29 is 16.8 Å². The molecule has 0 aliphatic carbocycles. The van der Waals surface area contributed by atoms with Crippen LogP contribution < -0.4 is 9.44 Å². The minimum Gasteiger partial charge on any atom is -0.280 e. The lowest BCUT2D eigenvalue weighted by molar-refractivity contribution is 0.599. The van der Waals surface area contributed by atoms with Crippen LogP contribution in [0, 0.1) is 0 Å². The van der Waals surface area contributed by atoms with Gasteiger partial charge in [-0.2, -0.15) is 0 Å². The minimum absolute atomic E-state index is 0.202. The van der Waals surface area contributed by atoms with Crippen LogP contribution in [0.4, 0.5) is 11.4 Å². The zero-order valence-electron chi connectivity index (χ0n) is 18.0. The van der Waals surface area contributed by atoms with Gasteiger partial charge in [-0.1, -0.05) is 72.8 Å². The molecule has 4 rings (SSSR count). The average Bonchev–Trinajstić information content (AvgIpc) is 2.85. The van der Waals surface area contributed by atoms with E-state index in [9.17, 15) is 16.8 Å². The van der Waals surface area contributed by atoms with Gasteiger partial charge in [-0.15, -0.1) is 0 Å². The Morgan fingerprint density at radius 1 is 0.441 bits per heavy atom. The molecular weight excluding hydrogens is 468 g/mol. The predicted octanol–water partition coefficient (Wildman–Crippen LogP) is 5.46. The van der Waals surface area contributed by atoms with E-state index in [1.165, 1.54) is 24.3 Å². The summed E-state index contributed by atoms with van der Waals surface area (Å²) in [5, 5.41) is 0. The summed E-state index contributed by atoms with van der Waals surface area (Å²) in [6, 6.07) is 30.4. The lowest BCUT2D eigenvalue weighted by Crippen LogP contribution is -2.12. The van der Waals surface area contributed by atoms with Gasteiger partial charge in [0.2, 0.25) is 0 Å². The summed E-state index contributed by atoms with van der Waals surface area (Å²) in [5.41, 5.74) is 2.71. The van der Waals surface area contributed by atoms with Gasteiger partial charge in [-0.25, -0.2) is 16.8 Å². The summed E-state index contributed by atoms with van der Waals surface area (Å²) in [4.78, 5) is 0.405. The van der Waals surface area contributed by atoms with Crippen LogP contribution in [0.5, 0.6) is 0 Å². The van der Waals surface area contributed by atoms with E-state index in [1.54, 1.807) is 60.7 Å². The van der Waals surface area contributed by atoms with E-state index >= 15 is 0 Å². The van der Waals surface area contributed by atoms with Gasteiger partial charge in [0.1, 0.15) is 0 Å². The lowest BCUT2D eigenvalue weighted by Gasteiger charge is -2.08. The lowest BCUT2D eigenvalue weighted by atomic mass is 10.1. The standard InChI is InChI=1S/C26H22N2O4S2/c29-33(30,25-7-3-1-4-8-25)27-23-17-13-21(14-18-23)11-12-22-15-19-24(20-16-22)28-34(31,32)26-9-5-2-6-10-26/h1-20,27-28H. The maximum absolute atomic E-state index is 12.4. The van der Waals surface area contributed by atoms with Gasteiger partial charge in [0.05, 0.1) is 9.79 Å². The van der Waals surface area contributed by atoms with Gasteiger partial charge in [0.25, 0.3) is 20.0 Å². The van der Waals surface area contributed by atoms with Crippen molar-refractivity contribution in [3.05, 3.63) is 120 Å². The first-order chi connectivity index (χ1) is 16.3. The molecule has 4 aromatic rings. The molecule has 0 amide bonds. The number of rotatable bonds is 8. The number of hydrogen-bond acceptors (Lipinski definition) is 4. The Labute approximate surface area is 199 Å². The molecule has 0 atom stereocenters. The van der Waals surface area contributed by atoms with Crippen LogP contribution in [-0.4, -0.2) is 16.8 Å². The molecule has 0 fully saturated rings. The van der Waals surface area contributed by atoms with Crippen molar-refractivity contribution in [2.45, 2.75) is 9.79 Å². The fourth-order valence-electron chi connectivity index (χ4n) is 3.14. The van der Waals surface area contributed by atoms with Crippen LogP contribution in [-0.2, 0) is 20.0 Å². The van der Waals surface area contributed by atoms with Gasteiger partial charge in [0, 0.05) is 11.4 Å². The molecule has 34 heavy (non-hydrogen) atoms. The molecule has 0 heterocycles. The summed E-state index contributed by atoms with van der Waals surface area (Å²) in [6.07, 6.45) is 3.78. The van der Waals surface area contributed by atoms with Gasteiger partial charge in [-0.3, -0.25) is 9.44 Å². The van der Waals surface area contributed by atoms with Crippen molar-refractivity contribution in [2.75, 3.05) is 9.44 Å². The highest BCUT2D eigenvalue weighted by Crippen LogP contribution is 2.19. The normalized spacial score (nSPS) is 11.9. The zero-order chi connectivity index (χ0) is 24.0. The second-order valence-electron chi connectivity index (χ2n) is 7.41. The molecule has 0 saturated carbocycles. The Morgan fingerprint density at radius 2 is 0.765 bits per heavy atom. The third-order valence-electron chi connectivity index (χ3n) is 4.90. The van der Waals surface area contributed by atoms with E-state index in [2.05, 4.69) is 9.44 Å². The molecule has 0 aliphatic rings. The molecule has 2 N–H and O–H groups in total. The van der Waals surface area contributed by atoms with Crippen molar-refractivity contribution in [1.29, 1.82) is 0 Å². The Kier molecular flexibility index (Phi) is 6.81. The van der Waals surface area contributed by atoms with Gasteiger partial charge < -0.3 is 0 Å². The summed E-state index contributed by atoms with van der Waals surface area (Å²) in [6.45, 7) is 0. The molecule has 0 radical (unpaired) electrons. The molecule has 6 nitrogen and oxygen atoms in total. The first kappa shape index (κ1) is 23.3. The molecule has 0 unspecified atom stereocenters. The van der Waals surface area contributed by atoms with Crippen molar-refractivity contribution in [2.24, 2.45) is 0 Å². The molecule has 0 bridgehead atoms. The van der Waals surface area contributed by atoms with Crippen LogP contribution in [0.1, 0.15) is 11.1 Å². The highest BCUT2D eigenvalue weighted by Gasteiger charge is 2.14. The van der Waals surface area contributed by atoms with E-state index < -0.39 is 20.0 Å². The molecule has 4 aromatic carbocycles. The van der Waals surface area contributed by atoms with Gasteiger partial charge in [0.15, 0.2) is 0 Å². The SMILES string of the molecule is O=S(=O)(Nc1ccc(C=Cc2ccc(NS(=O)(=O)c3ccccc3)cc2)cc1)c1ccccc1. The van der Waals surface area contributed by atoms with Crippen LogP contribution in [0.2, 0.25) is 0 Å². The molecule has 0 aliphatic heterocycles. The molecule has 172 valence electrons. The van der Waals surface area contributed by atoms with Crippen LogP contribution >= 0.6 is 0 Å². The minimum atomic E-state index is -3.63. The Morgan fingerprint density at radius 3 is 1.09 bits per heavy atom. The number of anilines is 2. The molecule has 8 heteroatoms. The monoisotopic (exact) mass is 490 g/mol. The van der Waals surface area contributed by atoms with Gasteiger partial charge in [-0.05, 0) is 59.7 Å². The fraction of sp³-hybridized carbons (Fsp3) is 0. The Hall–Kier alpha value is -3.88. The molecule has 0 saturated heterocycles. The highest BCUT2D eigenvalue weighted by atomic mass is 32.2. The van der Waals surface area contributed by atoms with E-state index in [0.29, 0.717) is 11.4 Å². The highest BCUT2D eigenvalue weighted by molar-refractivity contribution is 7.93. The second kappa shape index (κ2) is 9.94. The average molecular weight is 491 g/mol. The maximum atomic E-state index is 12.4. The summed E-state index contributed by atoms with van der Waals surface area (Å²) >= 11 is 0. The third kappa shape index (κ3) is 5.92. The second-order valence-corrected chi connectivity index (χ2v) is 10.8. The Balaban J connectivity index is 1.39. The summed E-state index contributed by atoms with van der Waals surface area (Å²) in [7, 11) is -7.27. The first-order valence-corrected chi connectivity index (χ1v) is 13.3. The topological polar surface area (TPSA) is 92.3 Å². The van der Waals surface area contributed by atoms with E-state index in [4.69, 9.17) is 0 Å². The molecular formula is C26H22N2O4S2. The van der Waals surface area contributed by atoms with Crippen molar-refractivity contribution in [3.63, 3.8) is 0 Å². The smallest absolute Gasteiger partial charge is 0.261 e. The van der Waals surface area contributed by atoms with Crippen molar-refractivity contribution in [3.8, 4) is 0 Å². The Bertz CT molecular complexity index is 1370. The summed E-state index contributed by atoms with van der Waals surface area (Å²) < 4.78 is 54.8. The predicted molar refractivity (Wildman–Crippen MR) is 136 cm³/mol. The first-order valence-electron chi connectivity index (χ1n) is 10.4. The quantitative estimate of drug-likeness (QED) is 0.321. The number of benzene rings is 4. The largest absolute Gasteiger partial charge is 0.280 e. The third-order valence-corrected chi connectivity index (χ3v) is 7.70. The van der Waals surface area contributed by atoms with E-state index in [0.717, 1.165) is 11.1 Å². The van der Waals surface area contributed by atoms with Gasteiger partial charge >= 0.3 is 0 Å². The number of nitrogens with one attached hydrogen (secondary N) is 2.